The molecule has 0 amide bonds. The van der Waals surface area contributed by atoms with E-state index in [9.17, 15) is 4.79 Å². The van der Waals surface area contributed by atoms with Gasteiger partial charge in [-0.25, -0.2) is 0 Å². The molecule has 0 unspecified atom stereocenters. The van der Waals surface area contributed by atoms with Crippen LogP contribution in [0.3, 0.4) is 0 Å². The van der Waals surface area contributed by atoms with Crippen molar-refractivity contribution in [1.29, 1.82) is 0 Å². The van der Waals surface area contributed by atoms with Crippen LogP contribution in [0.2, 0.25) is 0 Å². The molecule has 0 spiro atoms. The smallest absolute Gasteiger partial charge is 0.255 e. The number of nitrogens with zero attached hydrogens (tertiary/aromatic N) is 1. The average Bonchev–Trinajstić information content (AvgIpc) is 2.93. The lowest BCUT2D eigenvalue weighted by Gasteiger charge is -2.22. The van der Waals surface area contributed by atoms with Gasteiger partial charge in [0, 0.05) is 23.8 Å². The Morgan fingerprint density at radius 2 is 1.86 bits per heavy atom. The van der Waals surface area contributed by atoms with E-state index in [1.165, 1.54) is 18.5 Å². The van der Waals surface area contributed by atoms with Crippen LogP contribution >= 0.6 is 0 Å². The fourth-order valence-corrected chi connectivity index (χ4v) is 3.25. The van der Waals surface area contributed by atoms with Crippen molar-refractivity contribution in [2.24, 2.45) is 5.92 Å². The number of nitrogens with one attached hydrogen (secondary N) is 1. The third-order valence-corrected chi connectivity index (χ3v) is 4.38. The van der Waals surface area contributed by atoms with Crippen LogP contribution in [0.5, 0.6) is 0 Å². The summed E-state index contributed by atoms with van der Waals surface area (Å²) in [5.74, 6) is 1.01. The van der Waals surface area contributed by atoms with Gasteiger partial charge in [0.05, 0.1) is 0 Å². The number of pyridine rings is 1. The first-order valence-corrected chi connectivity index (χ1v) is 8.45. The second-order valence-corrected chi connectivity index (χ2v) is 7.08. The summed E-state index contributed by atoms with van der Waals surface area (Å²) < 4.78 is 2.10. The first-order valence-electron chi connectivity index (χ1n) is 8.45. The molecule has 1 fully saturated rings. The Balaban J connectivity index is 2.28. The van der Waals surface area contributed by atoms with E-state index in [4.69, 9.17) is 0 Å². The third kappa shape index (κ3) is 3.97. The summed E-state index contributed by atoms with van der Waals surface area (Å²) in [6, 6.07) is 4.60. The maximum atomic E-state index is 12.9. The second kappa shape index (κ2) is 7.26. The molecule has 0 aliphatic heterocycles. The van der Waals surface area contributed by atoms with E-state index in [-0.39, 0.29) is 5.56 Å². The van der Waals surface area contributed by atoms with Crippen LogP contribution in [0.25, 0.3) is 0 Å². The Hall–Kier alpha value is -1.09. The fraction of sp³-hybridized carbons (Fsp3) is 0.722. The monoisotopic (exact) mass is 290 g/mol. The summed E-state index contributed by atoms with van der Waals surface area (Å²) >= 11 is 0. The molecule has 1 aliphatic rings. The molecule has 0 saturated heterocycles. The Labute approximate surface area is 128 Å². The number of aromatic nitrogens is 1. The molecule has 0 aromatic carbocycles. The Bertz CT molecular complexity index is 510. The topological polar surface area (TPSA) is 34.0 Å². The highest BCUT2D eigenvalue weighted by atomic mass is 16.1. The van der Waals surface area contributed by atoms with Crippen LogP contribution in [0.15, 0.2) is 16.9 Å². The van der Waals surface area contributed by atoms with Crippen molar-refractivity contribution in [2.45, 2.75) is 71.9 Å². The Morgan fingerprint density at radius 1 is 1.19 bits per heavy atom. The summed E-state index contributed by atoms with van der Waals surface area (Å²) in [4.78, 5) is 12.9. The van der Waals surface area contributed by atoms with Gasteiger partial charge < -0.3 is 9.88 Å². The van der Waals surface area contributed by atoms with Gasteiger partial charge in [-0.05, 0) is 37.3 Å². The fourth-order valence-electron chi connectivity index (χ4n) is 3.25. The molecule has 21 heavy (non-hydrogen) atoms. The molecule has 3 heteroatoms. The van der Waals surface area contributed by atoms with Crippen molar-refractivity contribution in [3.05, 3.63) is 33.7 Å². The molecule has 0 bridgehead atoms. The molecule has 1 aliphatic carbocycles. The molecule has 1 aromatic rings. The molecular weight excluding hydrogens is 260 g/mol. The van der Waals surface area contributed by atoms with Crippen molar-refractivity contribution < 1.29 is 0 Å². The summed E-state index contributed by atoms with van der Waals surface area (Å²) in [5.41, 5.74) is 2.33. The summed E-state index contributed by atoms with van der Waals surface area (Å²) in [7, 11) is 0. The van der Waals surface area contributed by atoms with E-state index < -0.39 is 0 Å². The number of hydrogen-bond acceptors (Lipinski definition) is 2. The van der Waals surface area contributed by atoms with Gasteiger partial charge in [0.25, 0.3) is 5.56 Å². The van der Waals surface area contributed by atoms with E-state index in [0.717, 1.165) is 24.9 Å². The maximum Gasteiger partial charge on any atom is 0.255 e. The van der Waals surface area contributed by atoms with Crippen LogP contribution in [0.1, 0.15) is 76.6 Å². The molecule has 1 aromatic heterocycles. The van der Waals surface area contributed by atoms with Crippen LogP contribution in [-0.2, 0) is 6.54 Å². The lowest BCUT2D eigenvalue weighted by atomic mass is 10.1. The molecule has 3 nitrogen and oxygen atoms in total. The molecule has 0 atom stereocenters. The predicted molar refractivity (Wildman–Crippen MR) is 88.8 cm³/mol. The first-order chi connectivity index (χ1) is 10.0. The molecule has 1 N–H and O–H groups in total. The van der Waals surface area contributed by atoms with Crippen LogP contribution in [0.4, 0.5) is 0 Å². The normalized spacial score (nSPS) is 16.3. The van der Waals surface area contributed by atoms with Gasteiger partial charge >= 0.3 is 0 Å². The van der Waals surface area contributed by atoms with E-state index in [1.807, 2.05) is 6.07 Å². The highest BCUT2D eigenvalue weighted by Crippen LogP contribution is 2.31. The van der Waals surface area contributed by atoms with Crippen molar-refractivity contribution in [3.63, 3.8) is 0 Å². The van der Waals surface area contributed by atoms with Crippen LogP contribution in [-0.4, -0.2) is 11.1 Å². The maximum absolute atomic E-state index is 12.9. The summed E-state index contributed by atoms with van der Waals surface area (Å²) in [5, 5.41) is 3.40. The lowest BCUT2D eigenvalue weighted by Crippen LogP contribution is -2.32. The quantitative estimate of drug-likeness (QED) is 0.864. The highest BCUT2D eigenvalue weighted by Gasteiger charge is 2.22. The molecule has 1 heterocycles. The molecule has 118 valence electrons. The van der Waals surface area contributed by atoms with Gasteiger partial charge in [-0.2, -0.15) is 0 Å². The van der Waals surface area contributed by atoms with Gasteiger partial charge in [-0.1, -0.05) is 46.6 Å². The van der Waals surface area contributed by atoms with Gasteiger partial charge in [0.2, 0.25) is 0 Å². The minimum absolute atomic E-state index is 0.226. The summed E-state index contributed by atoms with van der Waals surface area (Å²) in [6.07, 6.45) is 4.82. The molecule has 2 rings (SSSR count). The van der Waals surface area contributed by atoms with Gasteiger partial charge in [0.15, 0.2) is 0 Å². The van der Waals surface area contributed by atoms with E-state index in [1.54, 1.807) is 0 Å². The zero-order chi connectivity index (χ0) is 15.4. The standard InChI is InChI=1S/C18H30N2O/c1-13(2)11-19-12-15-9-10-17(14(3)4)20(18(15)21)16-7-5-6-8-16/h9-10,13-14,16,19H,5-8,11-12H2,1-4H3. The molecular formula is C18H30N2O. The minimum atomic E-state index is 0.226. The van der Waals surface area contributed by atoms with E-state index in [0.29, 0.717) is 24.4 Å². The summed E-state index contributed by atoms with van der Waals surface area (Å²) in [6.45, 7) is 10.4. The zero-order valence-electron chi connectivity index (χ0n) is 14.0. The number of rotatable bonds is 6. The van der Waals surface area contributed by atoms with Gasteiger partial charge in [-0.3, -0.25) is 4.79 Å². The molecule has 1 saturated carbocycles. The average molecular weight is 290 g/mol. The van der Waals surface area contributed by atoms with Gasteiger partial charge in [0.1, 0.15) is 0 Å². The number of hydrogen-bond donors (Lipinski definition) is 1. The highest BCUT2D eigenvalue weighted by molar-refractivity contribution is 5.19. The Kier molecular flexibility index (Phi) is 5.63. The minimum Gasteiger partial charge on any atom is -0.312 e. The van der Waals surface area contributed by atoms with Crippen LogP contribution < -0.4 is 10.9 Å². The largest absolute Gasteiger partial charge is 0.312 e. The molecule has 0 radical (unpaired) electrons. The van der Waals surface area contributed by atoms with Crippen molar-refractivity contribution in [1.82, 2.24) is 9.88 Å². The van der Waals surface area contributed by atoms with Crippen molar-refractivity contribution in [3.8, 4) is 0 Å². The van der Waals surface area contributed by atoms with Crippen molar-refractivity contribution in [2.75, 3.05) is 6.54 Å². The third-order valence-electron chi connectivity index (χ3n) is 4.38. The SMILES string of the molecule is CC(C)CNCc1ccc(C(C)C)n(C2CCCC2)c1=O. The Morgan fingerprint density at radius 3 is 2.43 bits per heavy atom. The van der Waals surface area contributed by atoms with Gasteiger partial charge in [-0.15, -0.1) is 0 Å². The lowest BCUT2D eigenvalue weighted by molar-refractivity contribution is 0.467. The second-order valence-electron chi connectivity index (χ2n) is 7.08. The van der Waals surface area contributed by atoms with E-state index in [2.05, 4.69) is 43.6 Å². The van der Waals surface area contributed by atoms with Crippen molar-refractivity contribution >= 4 is 0 Å². The van der Waals surface area contributed by atoms with E-state index >= 15 is 0 Å². The zero-order valence-corrected chi connectivity index (χ0v) is 14.0. The first kappa shape index (κ1) is 16.3. The predicted octanol–water partition coefficient (Wildman–Crippen LogP) is 3.83. The van der Waals surface area contributed by atoms with Crippen LogP contribution in [0, 0.1) is 5.92 Å².